The van der Waals surface area contributed by atoms with Gasteiger partial charge >= 0.3 is 7.12 Å². The van der Waals surface area contributed by atoms with Crippen LogP contribution in [0.4, 0.5) is 0 Å². The number of morpholine rings is 1. The molecule has 6 nitrogen and oxygen atoms in total. The lowest BCUT2D eigenvalue weighted by molar-refractivity contribution is -0.137. The second kappa shape index (κ2) is 6.98. The molecule has 2 saturated heterocycles. The summed E-state index contributed by atoms with van der Waals surface area (Å²) in [5.74, 6) is 0.639. The maximum atomic E-state index is 12.1. The summed E-state index contributed by atoms with van der Waals surface area (Å²) >= 11 is 0. The summed E-state index contributed by atoms with van der Waals surface area (Å²) < 4.78 is 22.9. The molecule has 0 aromatic heterocycles. The van der Waals surface area contributed by atoms with Crippen molar-refractivity contribution in [3.8, 4) is 5.75 Å². The third-order valence-corrected chi connectivity index (χ3v) is 5.13. The van der Waals surface area contributed by atoms with Crippen LogP contribution in [0.1, 0.15) is 27.7 Å². The highest BCUT2D eigenvalue weighted by atomic mass is 16.7. The van der Waals surface area contributed by atoms with Crippen LogP contribution in [-0.4, -0.2) is 62.0 Å². The van der Waals surface area contributed by atoms with Gasteiger partial charge in [-0.1, -0.05) is 12.1 Å². The molecule has 0 atom stereocenters. The molecule has 0 unspecified atom stereocenters. The first-order chi connectivity index (χ1) is 11.8. The summed E-state index contributed by atoms with van der Waals surface area (Å²) in [6, 6.07) is 7.51. The molecule has 2 heterocycles. The van der Waals surface area contributed by atoms with Crippen LogP contribution in [0, 0.1) is 0 Å². The molecular weight excluding hydrogens is 321 g/mol. The molecule has 0 bridgehead atoms. The molecule has 2 aliphatic heterocycles. The van der Waals surface area contributed by atoms with Gasteiger partial charge in [-0.2, -0.15) is 0 Å². The molecule has 0 aliphatic carbocycles. The van der Waals surface area contributed by atoms with E-state index >= 15 is 0 Å². The van der Waals surface area contributed by atoms with Crippen molar-refractivity contribution in [3.05, 3.63) is 24.3 Å². The first kappa shape index (κ1) is 18.2. The second-order valence-corrected chi connectivity index (χ2v) is 7.44. The molecule has 2 fully saturated rings. The average Bonchev–Trinajstić information content (AvgIpc) is 2.82. The Bertz CT molecular complexity index is 594. The number of hydrogen-bond acceptors (Lipinski definition) is 5. The second-order valence-electron chi connectivity index (χ2n) is 7.44. The van der Waals surface area contributed by atoms with Gasteiger partial charge in [0.25, 0.3) is 5.91 Å². The Morgan fingerprint density at radius 2 is 1.64 bits per heavy atom. The Balaban J connectivity index is 1.55. The van der Waals surface area contributed by atoms with Crippen LogP contribution < -0.4 is 10.2 Å². The quantitative estimate of drug-likeness (QED) is 0.767. The zero-order valence-corrected chi connectivity index (χ0v) is 15.4. The van der Waals surface area contributed by atoms with E-state index in [2.05, 4.69) is 0 Å². The summed E-state index contributed by atoms with van der Waals surface area (Å²) in [5.41, 5.74) is 0.208. The van der Waals surface area contributed by atoms with E-state index in [1.807, 2.05) is 52.0 Å². The molecule has 7 heteroatoms. The van der Waals surface area contributed by atoms with E-state index in [4.69, 9.17) is 18.8 Å². The number of carbonyl (C=O) groups excluding carboxylic acids is 1. The largest absolute Gasteiger partial charge is 0.494 e. The van der Waals surface area contributed by atoms with Gasteiger partial charge in [0.05, 0.1) is 24.4 Å². The van der Waals surface area contributed by atoms with Crippen molar-refractivity contribution in [3.63, 3.8) is 0 Å². The summed E-state index contributed by atoms with van der Waals surface area (Å²) in [6.07, 6.45) is 0. The van der Waals surface area contributed by atoms with Crippen LogP contribution in [0.3, 0.4) is 0 Å². The topological polar surface area (TPSA) is 57.2 Å². The molecular formula is C18H26BNO5. The summed E-state index contributed by atoms with van der Waals surface area (Å²) in [6.45, 7) is 10.6. The van der Waals surface area contributed by atoms with E-state index in [1.165, 1.54) is 0 Å². The van der Waals surface area contributed by atoms with Crippen LogP contribution in [-0.2, 0) is 18.8 Å². The maximum Gasteiger partial charge on any atom is 0.494 e. The van der Waals surface area contributed by atoms with Gasteiger partial charge in [0, 0.05) is 13.1 Å². The smallest absolute Gasteiger partial charge is 0.484 e. The molecule has 0 N–H and O–H groups in total. The number of hydrogen-bond donors (Lipinski definition) is 0. The minimum atomic E-state index is -0.394. The number of carbonyl (C=O) groups is 1. The van der Waals surface area contributed by atoms with Crippen molar-refractivity contribution in [1.29, 1.82) is 0 Å². The Hall–Kier alpha value is -1.57. The van der Waals surface area contributed by atoms with Gasteiger partial charge in [0.15, 0.2) is 6.61 Å². The van der Waals surface area contributed by atoms with Gasteiger partial charge < -0.3 is 23.7 Å². The van der Waals surface area contributed by atoms with Crippen molar-refractivity contribution in [2.45, 2.75) is 38.9 Å². The first-order valence-corrected chi connectivity index (χ1v) is 8.72. The predicted octanol–water partition coefficient (Wildman–Crippen LogP) is 1.22. The monoisotopic (exact) mass is 347 g/mol. The Morgan fingerprint density at radius 3 is 2.20 bits per heavy atom. The van der Waals surface area contributed by atoms with Gasteiger partial charge in [-0.25, -0.2) is 0 Å². The maximum absolute atomic E-state index is 12.1. The average molecular weight is 347 g/mol. The molecule has 0 spiro atoms. The fourth-order valence-corrected chi connectivity index (χ4v) is 2.75. The van der Waals surface area contributed by atoms with Crippen molar-refractivity contribution in [1.82, 2.24) is 4.90 Å². The van der Waals surface area contributed by atoms with Gasteiger partial charge in [0.1, 0.15) is 5.75 Å². The summed E-state index contributed by atoms with van der Waals surface area (Å²) in [5, 5.41) is 0. The highest BCUT2D eigenvalue weighted by Crippen LogP contribution is 2.36. The zero-order valence-electron chi connectivity index (χ0n) is 15.4. The van der Waals surface area contributed by atoms with Gasteiger partial charge in [-0.15, -0.1) is 0 Å². The molecule has 0 radical (unpaired) electrons. The van der Waals surface area contributed by atoms with E-state index in [1.54, 1.807) is 4.90 Å². The lowest BCUT2D eigenvalue weighted by Crippen LogP contribution is -2.43. The lowest BCUT2D eigenvalue weighted by Gasteiger charge is -2.32. The van der Waals surface area contributed by atoms with Crippen LogP contribution in [0.15, 0.2) is 24.3 Å². The van der Waals surface area contributed by atoms with Crippen molar-refractivity contribution >= 4 is 18.5 Å². The van der Waals surface area contributed by atoms with E-state index in [0.717, 1.165) is 5.46 Å². The number of ether oxygens (including phenoxy) is 2. The van der Waals surface area contributed by atoms with Gasteiger partial charge in [-0.05, 0) is 45.3 Å². The number of amides is 1. The molecule has 136 valence electrons. The zero-order chi connectivity index (χ0) is 18.1. The van der Waals surface area contributed by atoms with Crippen LogP contribution in [0.25, 0.3) is 0 Å². The minimum Gasteiger partial charge on any atom is -0.484 e. The highest BCUT2D eigenvalue weighted by molar-refractivity contribution is 6.62. The molecule has 1 amide bonds. The lowest BCUT2D eigenvalue weighted by atomic mass is 9.79. The standard InChI is InChI=1S/C18H26BNO5/c1-17(2)18(3,4)25-19(24-17)14-5-7-15(8-6-14)23-13-16(21)20-9-11-22-12-10-20/h5-8H,9-13H2,1-4H3. The Morgan fingerprint density at radius 1 is 1.08 bits per heavy atom. The van der Waals surface area contributed by atoms with Gasteiger partial charge in [0.2, 0.25) is 0 Å². The number of benzene rings is 1. The SMILES string of the molecule is CC1(C)OB(c2ccc(OCC(=O)N3CCOCC3)cc2)OC1(C)C. The van der Waals surface area contributed by atoms with Crippen molar-refractivity contribution < 1.29 is 23.6 Å². The fraction of sp³-hybridized carbons (Fsp3) is 0.611. The molecule has 1 aromatic rings. The van der Waals surface area contributed by atoms with E-state index in [0.29, 0.717) is 32.1 Å². The normalized spacial score (nSPS) is 22.1. The van der Waals surface area contributed by atoms with E-state index in [9.17, 15) is 4.79 Å². The molecule has 2 aliphatic rings. The molecule has 3 rings (SSSR count). The molecule has 25 heavy (non-hydrogen) atoms. The fourth-order valence-electron chi connectivity index (χ4n) is 2.75. The third kappa shape index (κ3) is 3.99. The summed E-state index contributed by atoms with van der Waals surface area (Å²) in [7, 11) is -0.394. The Kier molecular flexibility index (Phi) is 5.09. The van der Waals surface area contributed by atoms with Crippen molar-refractivity contribution in [2.24, 2.45) is 0 Å². The van der Waals surface area contributed by atoms with E-state index < -0.39 is 7.12 Å². The minimum absolute atomic E-state index is 0.0154. The van der Waals surface area contributed by atoms with Crippen molar-refractivity contribution in [2.75, 3.05) is 32.9 Å². The molecule has 0 saturated carbocycles. The number of rotatable bonds is 4. The third-order valence-electron chi connectivity index (χ3n) is 5.13. The van der Waals surface area contributed by atoms with E-state index in [-0.39, 0.29) is 23.7 Å². The van der Waals surface area contributed by atoms with Crippen LogP contribution in [0.5, 0.6) is 5.75 Å². The first-order valence-electron chi connectivity index (χ1n) is 8.72. The predicted molar refractivity (Wildman–Crippen MR) is 95.1 cm³/mol. The summed E-state index contributed by atoms with van der Waals surface area (Å²) in [4.78, 5) is 13.9. The number of nitrogens with zero attached hydrogens (tertiary/aromatic N) is 1. The Labute approximate surface area is 149 Å². The van der Waals surface area contributed by atoms with Crippen LogP contribution >= 0.6 is 0 Å². The van der Waals surface area contributed by atoms with Crippen LogP contribution in [0.2, 0.25) is 0 Å². The molecule has 1 aromatic carbocycles. The van der Waals surface area contributed by atoms with Gasteiger partial charge in [-0.3, -0.25) is 4.79 Å². The highest BCUT2D eigenvalue weighted by Gasteiger charge is 2.51.